The number of ether oxygens (including phenoxy) is 1. The minimum Gasteiger partial charge on any atom is -0.497 e. The van der Waals surface area contributed by atoms with Crippen molar-refractivity contribution >= 4 is 15.9 Å². The van der Waals surface area contributed by atoms with E-state index in [1.54, 1.807) is 7.11 Å². The van der Waals surface area contributed by atoms with Gasteiger partial charge in [0.1, 0.15) is 5.75 Å². The predicted molar refractivity (Wildman–Crippen MR) is 79.6 cm³/mol. The quantitative estimate of drug-likeness (QED) is 0.741. The van der Waals surface area contributed by atoms with Crippen LogP contribution in [0.25, 0.3) is 0 Å². The maximum atomic E-state index is 5.26. The second-order valence-electron chi connectivity index (χ2n) is 4.23. The summed E-state index contributed by atoms with van der Waals surface area (Å²) in [5.41, 5.74) is 3.84. The molecule has 94 valence electrons. The number of hydrogen-bond donors (Lipinski definition) is 0. The molecule has 0 aliphatic heterocycles. The van der Waals surface area contributed by atoms with Crippen molar-refractivity contribution in [3.8, 4) is 5.75 Å². The molecule has 2 rings (SSSR count). The molecule has 0 amide bonds. The van der Waals surface area contributed by atoms with Crippen molar-refractivity contribution in [1.82, 2.24) is 0 Å². The zero-order valence-electron chi connectivity index (χ0n) is 10.7. The lowest BCUT2D eigenvalue weighted by Crippen LogP contribution is -1.94. The summed E-state index contributed by atoms with van der Waals surface area (Å²) in [6, 6.07) is 16.9. The summed E-state index contributed by atoms with van der Waals surface area (Å²) >= 11 is 3.75. The number of benzene rings is 2. The molecule has 2 aromatic rings. The molecule has 18 heavy (non-hydrogen) atoms. The smallest absolute Gasteiger partial charge is 0.119 e. The minimum absolute atomic E-state index is 0.207. The maximum absolute atomic E-state index is 5.26. The largest absolute Gasteiger partial charge is 0.497 e. The van der Waals surface area contributed by atoms with Crippen LogP contribution in [-0.4, -0.2) is 7.11 Å². The molecule has 0 heterocycles. The van der Waals surface area contributed by atoms with Crippen LogP contribution in [0.1, 0.15) is 28.4 Å². The molecule has 2 aromatic carbocycles. The number of halogens is 1. The van der Waals surface area contributed by atoms with E-state index in [1.165, 1.54) is 16.7 Å². The Morgan fingerprint density at radius 1 is 1.06 bits per heavy atom. The van der Waals surface area contributed by atoms with Crippen LogP contribution in [0.4, 0.5) is 0 Å². The highest BCUT2D eigenvalue weighted by Crippen LogP contribution is 2.32. The average molecular weight is 305 g/mol. The third kappa shape index (κ3) is 2.94. The molecule has 0 N–H and O–H groups in total. The average Bonchev–Trinajstić information content (AvgIpc) is 2.46. The van der Waals surface area contributed by atoms with E-state index in [-0.39, 0.29) is 4.83 Å². The van der Waals surface area contributed by atoms with Gasteiger partial charge in [-0.3, -0.25) is 0 Å². The van der Waals surface area contributed by atoms with Crippen molar-refractivity contribution in [2.75, 3.05) is 7.11 Å². The Labute approximate surface area is 117 Å². The SMILES string of the molecule is CCc1ccc(C(Br)c2cccc(OC)c2)cc1. The molecule has 1 atom stereocenters. The lowest BCUT2D eigenvalue weighted by atomic mass is 10.0. The van der Waals surface area contributed by atoms with E-state index in [9.17, 15) is 0 Å². The molecular formula is C16H17BrO. The molecule has 0 aromatic heterocycles. The first-order valence-corrected chi connectivity index (χ1v) is 7.03. The van der Waals surface area contributed by atoms with Gasteiger partial charge in [0.15, 0.2) is 0 Å². The molecular weight excluding hydrogens is 288 g/mol. The molecule has 0 aliphatic rings. The molecule has 2 heteroatoms. The van der Waals surface area contributed by atoms with E-state index in [4.69, 9.17) is 4.74 Å². The van der Waals surface area contributed by atoms with Crippen molar-refractivity contribution in [2.45, 2.75) is 18.2 Å². The van der Waals surface area contributed by atoms with Crippen molar-refractivity contribution in [2.24, 2.45) is 0 Å². The van der Waals surface area contributed by atoms with Gasteiger partial charge in [0.2, 0.25) is 0 Å². The predicted octanol–water partition coefficient (Wildman–Crippen LogP) is 4.74. The molecule has 1 unspecified atom stereocenters. The van der Waals surface area contributed by atoms with Crippen LogP contribution in [0, 0.1) is 0 Å². The normalized spacial score (nSPS) is 12.2. The molecule has 0 aliphatic carbocycles. The van der Waals surface area contributed by atoms with Crippen LogP contribution in [0.2, 0.25) is 0 Å². The van der Waals surface area contributed by atoms with Crippen LogP contribution in [-0.2, 0) is 6.42 Å². The van der Waals surface area contributed by atoms with Crippen molar-refractivity contribution in [1.29, 1.82) is 0 Å². The fourth-order valence-corrected chi connectivity index (χ4v) is 2.50. The number of methoxy groups -OCH3 is 1. The monoisotopic (exact) mass is 304 g/mol. The molecule has 0 radical (unpaired) electrons. The standard InChI is InChI=1S/C16H17BrO/c1-3-12-7-9-13(10-8-12)16(17)14-5-4-6-15(11-14)18-2/h4-11,16H,3H2,1-2H3. The van der Waals surface area contributed by atoms with Gasteiger partial charge in [-0.1, -0.05) is 59.3 Å². The fourth-order valence-electron chi connectivity index (χ4n) is 1.91. The highest BCUT2D eigenvalue weighted by atomic mass is 79.9. The number of hydrogen-bond acceptors (Lipinski definition) is 1. The third-order valence-corrected chi connectivity index (χ3v) is 4.12. The van der Waals surface area contributed by atoms with E-state index in [1.807, 2.05) is 12.1 Å². The van der Waals surface area contributed by atoms with Crippen molar-refractivity contribution in [3.63, 3.8) is 0 Å². The van der Waals surface area contributed by atoms with Gasteiger partial charge in [-0.05, 0) is 35.2 Å². The topological polar surface area (TPSA) is 9.23 Å². The highest BCUT2D eigenvalue weighted by Gasteiger charge is 2.10. The first-order chi connectivity index (χ1) is 8.74. The van der Waals surface area contributed by atoms with Gasteiger partial charge in [-0.15, -0.1) is 0 Å². The highest BCUT2D eigenvalue weighted by molar-refractivity contribution is 9.09. The van der Waals surface area contributed by atoms with Crippen LogP contribution < -0.4 is 4.74 Å². The summed E-state index contributed by atoms with van der Waals surface area (Å²) in [7, 11) is 1.69. The van der Waals surface area contributed by atoms with Crippen LogP contribution in [0.15, 0.2) is 48.5 Å². The summed E-state index contributed by atoms with van der Waals surface area (Å²) in [6.45, 7) is 2.17. The van der Waals surface area contributed by atoms with Gasteiger partial charge in [-0.2, -0.15) is 0 Å². The van der Waals surface area contributed by atoms with Gasteiger partial charge < -0.3 is 4.74 Å². The Morgan fingerprint density at radius 2 is 1.78 bits per heavy atom. The summed E-state index contributed by atoms with van der Waals surface area (Å²) in [5, 5.41) is 0. The molecule has 0 spiro atoms. The second-order valence-corrected chi connectivity index (χ2v) is 5.15. The Hall–Kier alpha value is -1.28. The zero-order chi connectivity index (χ0) is 13.0. The summed E-state index contributed by atoms with van der Waals surface area (Å²) in [6.07, 6.45) is 1.08. The molecule has 1 nitrogen and oxygen atoms in total. The van der Waals surface area contributed by atoms with E-state index in [2.05, 4.69) is 59.3 Å². The van der Waals surface area contributed by atoms with Gasteiger partial charge in [-0.25, -0.2) is 0 Å². The minimum atomic E-state index is 0.207. The first kappa shape index (κ1) is 13.2. The van der Waals surface area contributed by atoms with Gasteiger partial charge in [0, 0.05) is 0 Å². The zero-order valence-corrected chi connectivity index (χ0v) is 12.3. The van der Waals surface area contributed by atoms with Gasteiger partial charge in [0.25, 0.3) is 0 Å². The van der Waals surface area contributed by atoms with E-state index >= 15 is 0 Å². The summed E-state index contributed by atoms with van der Waals surface area (Å²) in [4.78, 5) is 0.207. The van der Waals surface area contributed by atoms with E-state index in [0.29, 0.717) is 0 Å². The molecule has 0 fully saturated rings. The van der Waals surface area contributed by atoms with Crippen LogP contribution >= 0.6 is 15.9 Å². The molecule has 0 saturated carbocycles. The number of alkyl halides is 1. The third-order valence-electron chi connectivity index (χ3n) is 3.07. The first-order valence-electron chi connectivity index (χ1n) is 6.11. The van der Waals surface area contributed by atoms with Crippen molar-refractivity contribution in [3.05, 3.63) is 65.2 Å². The van der Waals surface area contributed by atoms with Crippen molar-refractivity contribution < 1.29 is 4.74 Å². The van der Waals surface area contributed by atoms with Gasteiger partial charge in [0.05, 0.1) is 11.9 Å². The summed E-state index contributed by atoms with van der Waals surface area (Å²) in [5.74, 6) is 0.891. The Balaban J connectivity index is 2.25. The molecule has 0 saturated heterocycles. The number of aryl methyl sites for hydroxylation is 1. The van der Waals surface area contributed by atoms with Gasteiger partial charge >= 0.3 is 0 Å². The second kappa shape index (κ2) is 6.05. The summed E-state index contributed by atoms with van der Waals surface area (Å²) < 4.78 is 5.26. The van der Waals surface area contributed by atoms with E-state index in [0.717, 1.165) is 12.2 Å². The number of rotatable bonds is 4. The Kier molecular flexibility index (Phi) is 4.43. The van der Waals surface area contributed by atoms with E-state index < -0.39 is 0 Å². The molecule has 0 bridgehead atoms. The Bertz CT molecular complexity index is 505. The lowest BCUT2D eigenvalue weighted by molar-refractivity contribution is 0.414. The fraction of sp³-hybridized carbons (Fsp3) is 0.250. The lowest BCUT2D eigenvalue weighted by Gasteiger charge is -2.12. The Morgan fingerprint density at radius 3 is 2.39 bits per heavy atom. The van der Waals surface area contributed by atoms with Crippen LogP contribution in [0.3, 0.4) is 0 Å². The maximum Gasteiger partial charge on any atom is 0.119 e. The van der Waals surface area contributed by atoms with Crippen LogP contribution in [0.5, 0.6) is 5.75 Å².